The van der Waals surface area contributed by atoms with Crippen LogP contribution < -0.4 is 10.1 Å². The number of benzene rings is 2. The van der Waals surface area contributed by atoms with Crippen LogP contribution in [0.15, 0.2) is 51.8 Å². The molecular formula is C22H25BrN2O4S. The fourth-order valence-corrected chi connectivity index (χ4v) is 5.90. The van der Waals surface area contributed by atoms with Crippen LogP contribution in [0.25, 0.3) is 0 Å². The highest BCUT2D eigenvalue weighted by molar-refractivity contribution is 9.10. The Morgan fingerprint density at radius 1 is 1.00 bits per heavy atom. The number of carbonyl (C=O) groups excluding carboxylic acids is 1. The van der Waals surface area contributed by atoms with E-state index in [0.717, 1.165) is 31.4 Å². The van der Waals surface area contributed by atoms with Crippen molar-refractivity contribution in [3.63, 3.8) is 0 Å². The molecule has 2 aromatic carbocycles. The number of amides is 1. The van der Waals surface area contributed by atoms with Crippen molar-refractivity contribution < 1.29 is 17.9 Å². The Balaban J connectivity index is 1.47. The van der Waals surface area contributed by atoms with Gasteiger partial charge in [0.15, 0.2) is 0 Å². The summed E-state index contributed by atoms with van der Waals surface area (Å²) in [5.41, 5.74) is 0.903. The molecule has 4 rings (SSSR count). The van der Waals surface area contributed by atoms with E-state index < -0.39 is 10.0 Å². The quantitative estimate of drug-likeness (QED) is 0.627. The molecule has 0 bridgehead atoms. The summed E-state index contributed by atoms with van der Waals surface area (Å²) in [4.78, 5) is 13.0. The number of nitrogens with one attached hydrogen (secondary N) is 1. The first-order valence-corrected chi connectivity index (χ1v) is 12.5. The Kier molecular flexibility index (Phi) is 6.46. The molecule has 8 heteroatoms. The zero-order chi connectivity index (χ0) is 21.1. The maximum atomic E-state index is 12.8. The summed E-state index contributed by atoms with van der Waals surface area (Å²) in [5, 5.41) is 2.84. The molecule has 1 saturated heterocycles. The highest BCUT2D eigenvalue weighted by Crippen LogP contribution is 2.28. The summed E-state index contributed by atoms with van der Waals surface area (Å²) >= 11 is 3.37. The number of ether oxygens (including phenoxy) is 1. The summed E-state index contributed by atoms with van der Waals surface area (Å²) in [6.45, 7) is 1.05. The van der Waals surface area contributed by atoms with E-state index in [-0.39, 0.29) is 22.5 Å². The molecule has 1 amide bonds. The van der Waals surface area contributed by atoms with Gasteiger partial charge in [0.2, 0.25) is 10.0 Å². The monoisotopic (exact) mass is 492 g/mol. The van der Waals surface area contributed by atoms with Gasteiger partial charge in [-0.1, -0.05) is 0 Å². The van der Waals surface area contributed by atoms with Gasteiger partial charge in [-0.15, -0.1) is 0 Å². The maximum absolute atomic E-state index is 12.8. The minimum absolute atomic E-state index is 0.137. The molecule has 160 valence electrons. The number of anilines is 1. The highest BCUT2D eigenvalue weighted by atomic mass is 79.9. The maximum Gasteiger partial charge on any atom is 0.256 e. The van der Waals surface area contributed by atoms with Gasteiger partial charge >= 0.3 is 0 Å². The summed E-state index contributed by atoms with van der Waals surface area (Å²) < 4.78 is 33.6. The minimum atomic E-state index is -3.59. The van der Waals surface area contributed by atoms with E-state index in [9.17, 15) is 13.2 Å². The lowest BCUT2D eigenvalue weighted by Gasteiger charge is -2.16. The van der Waals surface area contributed by atoms with Crippen molar-refractivity contribution >= 4 is 37.5 Å². The molecule has 0 aromatic heterocycles. The second-order valence-electron chi connectivity index (χ2n) is 7.76. The lowest BCUT2D eigenvalue weighted by Crippen LogP contribution is -2.28. The van der Waals surface area contributed by atoms with Crippen LogP contribution in [0.3, 0.4) is 0 Å². The second kappa shape index (κ2) is 9.08. The van der Waals surface area contributed by atoms with Crippen molar-refractivity contribution in [1.29, 1.82) is 0 Å². The average Bonchev–Trinajstić information content (AvgIpc) is 3.44. The van der Waals surface area contributed by atoms with Gasteiger partial charge in [-0.3, -0.25) is 4.79 Å². The van der Waals surface area contributed by atoms with Crippen molar-refractivity contribution in [3.05, 3.63) is 52.5 Å². The first kappa shape index (κ1) is 21.3. The van der Waals surface area contributed by atoms with Crippen molar-refractivity contribution in [2.24, 2.45) is 0 Å². The summed E-state index contributed by atoms with van der Waals surface area (Å²) in [5.74, 6) is 0.421. The van der Waals surface area contributed by atoms with Crippen LogP contribution in [0.1, 0.15) is 48.9 Å². The van der Waals surface area contributed by atoms with Crippen LogP contribution in [0, 0.1) is 0 Å². The SMILES string of the molecule is O=C(Nc1ccc(OC2CCCC2)cc1)c1cc(S(=O)(=O)N2CCCC2)ccc1Br. The first-order valence-electron chi connectivity index (χ1n) is 10.3. The van der Waals surface area contributed by atoms with Crippen molar-refractivity contribution in [2.75, 3.05) is 18.4 Å². The van der Waals surface area contributed by atoms with Crippen molar-refractivity contribution in [3.8, 4) is 5.75 Å². The summed E-state index contributed by atoms with van der Waals surface area (Å²) in [6, 6.07) is 11.8. The largest absolute Gasteiger partial charge is 0.490 e. The number of halogens is 1. The fraction of sp³-hybridized carbons (Fsp3) is 0.409. The van der Waals surface area contributed by atoms with Gasteiger partial charge < -0.3 is 10.1 Å². The highest BCUT2D eigenvalue weighted by Gasteiger charge is 2.28. The van der Waals surface area contributed by atoms with Crippen molar-refractivity contribution in [1.82, 2.24) is 4.31 Å². The Morgan fingerprint density at radius 3 is 2.33 bits per heavy atom. The molecule has 1 aliphatic heterocycles. The molecule has 0 spiro atoms. The number of hydrogen-bond acceptors (Lipinski definition) is 4. The van der Waals surface area contributed by atoms with Gasteiger partial charge in [0.25, 0.3) is 5.91 Å². The molecule has 2 fully saturated rings. The number of nitrogens with zero attached hydrogens (tertiary/aromatic N) is 1. The molecule has 1 heterocycles. The van der Waals surface area contributed by atoms with Gasteiger partial charge in [0, 0.05) is 23.2 Å². The van der Waals surface area contributed by atoms with E-state index in [2.05, 4.69) is 21.2 Å². The van der Waals surface area contributed by atoms with Crippen LogP contribution in [0.2, 0.25) is 0 Å². The third kappa shape index (κ3) is 4.71. The van der Waals surface area contributed by atoms with Crippen LogP contribution in [0.4, 0.5) is 5.69 Å². The second-order valence-corrected chi connectivity index (χ2v) is 10.5. The van der Waals surface area contributed by atoms with Gasteiger partial charge in [0.1, 0.15) is 5.75 Å². The van der Waals surface area contributed by atoms with E-state index >= 15 is 0 Å². The number of hydrogen-bond donors (Lipinski definition) is 1. The minimum Gasteiger partial charge on any atom is -0.490 e. The molecule has 1 aliphatic carbocycles. The molecular weight excluding hydrogens is 468 g/mol. The topological polar surface area (TPSA) is 75.7 Å². The fourth-order valence-electron chi connectivity index (χ4n) is 3.93. The van der Waals surface area contributed by atoms with Gasteiger partial charge in [-0.25, -0.2) is 8.42 Å². The lowest BCUT2D eigenvalue weighted by molar-refractivity contribution is 0.102. The predicted octanol–water partition coefficient (Wildman–Crippen LogP) is 4.81. The van der Waals surface area contributed by atoms with E-state index in [1.807, 2.05) is 12.1 Å². The van der Waals surface area contributed by atoms with Crippen LogP contribution >= 0.6 is 15.9 Å². The Bertz CT molecular complexity index is 1010. The molecule has 2 aromatic rings. The number of sulfonamides is 1. The standard InChI is InChI=1S/C22H25BrN2O4S/c23-21-12-11-19(30(27,28)25-13-3-4-14-25)15-20(21)22(26)24-16-7-9-18(10-8-16)29-17-5-1-2-6-17/h7-12,15,17H,1-6,13-14H2,(H,24,26). The Hall–Kier alpha value is -1.90. The summed E-state index contributed by atoms with van der Waals surface area (Å²) in [6.07, 6.45) is 6.60. The third-order valence-electron chi connectivity index (χ3n) is 5.60. The molecule has 6 nitrogen and oxygen atoms in total. The van der Waals surface area contributed by atoms with Gasteiger partial charge in [0.05, 0.1) is 16.6 Å². The number of carbonyl (C=O) groups is 1. The third-order valence-corrected chi connectivity index (χ3v) is 8.19. The summed E-state index contributed by atoms with van der Waals surface area (Å²) in [7, 11) is -3.59. The van der Waals surface area contributed by atoms with E-state index in [4.69, 9.17) is 4.74 Å². The Labute approximate surface area is 185 Å². The van der Waals surface area contributed by atoms with E-state index in [1.165, 1.54) is 29.3 Å². The zero-order valence-electron chi connectivity index (χ0n) is 16.6. The smallest absolute Gasteiger partial charge is 0.256 e. The lowest BCUT2D eigenvalue weighted by atomic mass is 10.2. The normalized spacial score (nSPS) is 17.9. The zero-order valence-corrected chi connectivity index (χ0v) is 19.0. The molecule has 2 aliphatic rings. The molecule has 0 atom stereocenters. The van der Waals surface area contributed by atoms with E-state index in [1.54, 1.807) is 18.2 Å². The van der Waals surface area contributed by atoms with Crippen LogP contribution in [-0.2, 0) is 10.0 Å². The van der Waals surface area contributed by atoms with Crippen molar-refractivity contribution in [2.45, 2.75) is 49.5 Å². The van der Waals surface area contributed by atoms with Gasteiger partial charge in [-0.2, -0.15) is 4.31 Å². The molecule has 0 radical (unpaired) electrons. The molecule has 0 unspecified atom stereocenters. The predicted molar refractivity (Wildman–Crippen MR) is 119 cm³/mol. The van der Waals surface area contributed by atoms with Crippen LogP contribution in [-0.4, -0.2) is 37.8 Å². The number of rotatable bonds is 6. The molecule has 30 heavy (non-hydrogen) atoms. The Morgan fingerprint density at radius 2 is 1.67 bits per heavy atom. The van der Waals surface area contributed by atoms with E-state index in [0.29, 0.717) is 23.2 Å². The van der Waals surface area contributed by atoms with Gasteiger partial charge in [-0.05, 0) is 96.9 Å². The molecule has 1 saturated carbocycles. The molecule has 1 N–H and O–H groups in total. The van der Waals surface area contributed by atoms with Crippen LogP contribution in [0.5, 0.6) is 5.75 Å². The average molecular weight is 493 g/mol. The first-order chi connectivity index (χ1) is 14.4.